The zero-order valence-electron chi connectivity index (χ0n) is 19.6. The molecule has 0 saturated carbocycles. The van der Waals surface area contributed by atoms with E-state index >= 15 is 0 Å². The fourth-order valence-electron chi connectivity index (χ4n) is 4.47. The molecule has 2 aromatic carbocycles. The van der Waals surface area contributed by atoms with E-state index in [1.807, 2.05) is 73.7 Å². The van der Waals surface area contributed by atoms with Gasteiger partial charge in [0.05, 0.1) is 35.7 Å². The Hall–Kier alpha value is -3.19. The highest BCUT2D eigenvalue weighted by Gasteiger charge is 2.24. The summed E-state index contributed by atoms with van der Waals surface area (Å²) in [6.07, 6.45) is 0.352. The van der Waals surface area contributed by atoms with E-state index in [9.17, 15) is 9.18 Å². The molecule has 4 rings (SSSR count). The maximum Gasteiger partial charge on any atom is 0.224 e. The molecular formula is C26H31FN4O2. The molecule has 3 aromatic rings. The molecule has 1 aliphatic rings. The Kier molecular flexibility index (Phi) is 6.79. The summed E-state index contributed by atoms with van der Waals surface area (Å²) in [6, 6.07) is 15.0. The highest BCUT2D eigenvalue weighted by atomic mass is 19.1. The van der Waals surface area contributed by atoms with Crippen molar-refractivity contribution in [2.24, 2.45) is 0 Å². The number of amides is 1. The van der Waals surface area contributed by atoms with Crippen LogP contribution in [0.15, 0.2) is 48.5 Å². The number of aromatic nitrogens is 2. The Morgan fingerprint density at radius 1 is 1.12 bits per heavy atom. The maximum atomic E-state index is 14.8. The average Bonchev–Trinajstić information content (AvgIpc) is 3.06. The first-order valence-corrected chi connectivity index (χ1v) is 11.4. The van der Waals surface area contributed by atoms with E-state index < -0.39 is 0 Å². The Morgan fingerprint density at radius 2 is 1.82 bits per heavy atom. The highest BCUT2D eigenvalue weighted by Crippen LogP contribution is 2.25. The van der Waals surface area contributed by atoms with Crippen molar-refractivity contribution < 1.29 is 13.9 Å². The number of halogens is 1. The Labute approximate surface area is 194 Å². The Balaban J connectivity index is 1.39. The summed E-state index contributed by atoms with van der Waals surface area (Å²) in [4.78, 5) is 14.7. The van der Waals surface area contributed by atoms with Crippen molar-refractivity contribution in [3.63, 3.8) is 0 Å². The third-order valence-electron chi connectivity index (χ3n) is 6.04. The minimum atomic E-state index is -0.279. The van der Waals surface area contributed by atoms with E-state index in [-0.39, 0.29) is 36.9 Å². The number of hydrogen-bond donors (Lipinski definition) is 1. The largest absolute Gasteiger partial charge is 0.372 e. The van der Waals surface area contributed by atoms with E-state index in [0.29, 0.717) is 18.8 Å². The molecule has 0 radical (unpaired) electrons. The fraction of sp³-hybridized carbons (Fsp3) is 0.385. The van der Waals surface area contributed by atoms with Crippen molar-refractivity contribution in [3.8, 4) is 5.69 Å². The van der Waals surface area contributed by atoms with Crippen LogP contribution in [0.25, 0.3) is 5.69 Å². The number of para-hydroxylation sites is 1. The molecule has 6 nitrogen and oxygen atoms in total. The second-order valence-corrected chi connectivity index (χ2v) is 8.80. The second-order valence-electron chi connectivity index (χ2n) is 8.80. The summed E-state index contributed by atoms with van der Waals surface area (Å²) in [5.41, 5.74) is 4.95. The van der Waals surface area contributed by atoms with Gasteiger partial charge >= 0.3 is 0 Å². The lowest BCUT2D eigenvalue weighted by atomic mass is 10.1. The number of carbonyl (C=O) groups is 1. The van der Waals surface area contributed by atoms with Crippen LogP contribution in [0.4, 0.5) is 10.1 Å². The molecule has 2 unspecified atom stereocenters. The Morgan fingerprint density at radius 3 is 2.48 bits per heavy atom. The lowest BCUT2D eigenvalue weighted by molar-refractivity contribution is -0.120. The average molecular weight is 451 g/mol. The molecule has 1 N–H and O–H groups in total. The molecule has 174 valence electrons. The van der Waals surface area contributed by atoms with Crippen molar-refractivity contribution in [2.75, 3.05) is 18.0 Å². The van der Waals surface area contributed by atoms with Gasteiger partial charge in [-0.1, -0.05) is 24.3 Å². The number of carbonyl (C=O) groups excluding carboxylic acids is 1. The zero-order valence-corrected chi connectivity index (χ0v) is 19.6. The van der Waals surface area contributed by atoms with Crippen LogP contribution in [0.5, 0.6) is 0 Å². The van der Waals surface area contributed by atoms with E-state index in [2.05, 4.69) is 10.4 Å². The first-order valence-electron chi connectivity index (χ1n) is 11.4. The quantitative estimate of drug-likeness (QED) is 0.614. The summed E-state index contributed by atoms with van der Waals surface area (Å²) in [5.74, 6) is -0.395. The van der Waals surface area contributed by atoms with E-state index in [1.165, 1.54) is 6.07 Å². The minimum absolute atomic E-state index is 0.0604. The van der Waals surface area contributed by atoms with Crippen LogP contribution >= 0.6 is 0 Å². The lowest BCUT2D eigenvalue weighted by Crippen LogP contribution is -2.45. The van der Waals surface area contributed by atoms with Gasteiger partial charge in [-0.2, -0.15) is 5.10 Å². The van der Waals surface area contributed by atoms with Crippen LogP contribution in [-0.2, 0) is 22.5 Å². The fourth-order valence-corrected chi connectivity index (χ4v) is 4.47. The molecule has 1 fully saturated rings. The summed E-state index contributed by atoms with van der Waals surface area (Å²) in [6.45, 7) is 9.47. The van der Waals surface area contributed by atoms with Gasteiger partial charge in [0.25, 0.3) is 0 Å². The molecule has 2 atom stereocenters. The standard InChI is InChI=1S/C26H31FN4O2/c1-17-15-30(16-18(2)33-17)25-11-10-21(12-24(25)27)14-28-26(32)13-23-19(3)29-31(20(23)4)22-8-6-5-7-9-22/h5-12,17-18H,13-16H2,1-4H3,(H,28,32). The van der Waals surface area contributed by atoms with Gasteiger partial charge in [-0.05, 0) is 57.5 Å². The number of benzene rings is 2. The van der Waals surface area contributed by atoms with Crippen LogP contribution in [0.3, 0.4) is 0 Å². The summed E-state index contributed by atoms with van der Waals surface area (Å²) < 4.78 is 22.4. The molecular weight excluding hydrogens is 419 g/mol. The van der Waals surface area contributed by atoms with Gasteiger partial charge < -0.3 is 15.0 Å². The van der Waals surface area contributed by atoms with Crippen molar-refractivity contribution in [3.05, 3.63) is 76.9 Å². The highest BCUT2D eigenvalue weighted by molar-refractivity contribution is 5.79. The predicted octanol–water partition coefficient (Wildman–Crippen LogP) is 4.10. The van der Waals surface area contributed by atoms with Crippen molar-refractivity contribution in [2.45, 2.75) is 52.9 Å². The SMILES string of the molecule is Cc1nn(-c2ccccc2)c(C)c1CC(=O)NCc1ccc(N2CC(C)OC(C)C2)c(F)c1. The maximum absolute atomic E-state index is 14.8. The normalized spacial score (nSPS) is 18.4. The molecule has 1 amide bonds. The van der Waals surface area contributed by atoms with Gasteiger partial charge in [0, 0.05) is 30.9 Å². The first kappa shape index (κ1) is 23.0. The molecule has 7 heteroatoms. The van der Waals surface area contributed by atoms with Crippen LogP contribution in [-0.4, -0.2) is 41.0 Å². The molecule has 0 aliphatic carbocycles. The Bertz CT molecular complexity index is 1120. The summed E-state index contributed by atoms with van der Waals surface area (Å²) >= 11 is 0. The lowest BCUT2D eigenvalue weighted by Gasteiger charge is -2.37. The third-order valence-corrected chi connectivity index (χ3v) is 6.04. The van der Waals surface area contributed by atoms with Crippen LogP contribution in [0.2, 0.25) is 0 Å². The molecule has 2 heterocycles. The van der Waals surface area contributed by atoms with E-state index in [1.54, 1.807) is 6.07 Å². The van der Waals surface area contributed by atoms with Gasteiger partial charge in [0.1, 0.15) is 5.82 Å². The molecule has 1 aliphatic heterocycles. The molecule has 1 saturated heterocycles. The number of rotatable bonds is 6. The summed E-state index contributed by atoms with van der Waals surface area (Å²) in [7, 11) is 0. The number of hydrogen-bond acceptors (Lipinski definition) is 4. The van der Waals surface area contributed by atoms with E-state index in [4.69, 9.17) is 4.74 Å². The molecule has 33 heavy (non-hydrogen) atoms. The first-order chi connectivity index (χ1) is 15.8. The predicted molar refractivity (Wildman–Crippen MR) is 127 cm³/mol. The molecule has 0 spiro atoms. The molecule has 0 bridgehead atoms. The number of anilines is 1. The van der Waals surface area contributed by atoms with Gasteiger partial charge in [0.2, 0.25) is 5.91 Å². The second kappa shape index (κ2) is 9.75. The van der Waals surface area contributed by atoms with Gasteiger partial charge in [0.15, 0.2) is 0 Å². The van der Waals surface area contributed by atoms with Gasteiger partial charge in [-0.25, -0.2) is 9.07 Å². The van der Waals surface area contributed by atoms with Gasteiger partial charge in [-0.3, -0.25) is 4.79 Å². The van der Waals surface area contributed by atoms with Crippen LogP contribution in [0.1, 0.15) is 36.4 Å². The van der Waals surface area contributed by atoms with Crippen molar-refractivity contribution in [1.82, 2.24) is 15.1 Å². The van der Waals surface area contributed by atoms with Crippen LogP contribution in [0, 0.1) is 19.7 Å². The van der Waals surface area contributed by atoms with Crippen LogP contribution < -0.4 is 10.2 Å². The smallest absolute Gasteiger partial charge is 0.224 e. The molecule has 1 aromatic heterocycles. The number of nitrogens with zero attached hydrogens (tertiary/aromatic N) is 3. The summed E-state index contributed by atoms with van der Waals surface area (Å²) in [5, 5.41) is 7.52. The number of ether oxygens (including phenoxy) is 1. The number of morpholine rings is 1. The van der Waals surface area contributed by atoms with Gasteiger partial charge in [-0.15, -0.1) is 0 Å². The zero-order chi connectivity index (χ0) is 23.5. The van der Waals surface area contributed by atoms with Crippen molar-refractivity contribution >= 4 is 11.6 Å². The number of aryl methyl sites for hydroxylation is 1. The van der Waals surface area contributed by atoms with E-state index in [0.717, 1.165) is 28.2 Å². The number of nitrogens with one attached hydrogen (secondary N) is 1. The minimum Gasteiger partial charge on any atom is -0.372 e. The third kappa shape index (κ3) is 5.25. The van der Waals surface area contributed by atoms with Crippen molar-refractivity contribution in [1.29, 1.82) is 0 Å². The topological polar surface area (TPSA) is 59.4 Å². The monoisotopic (exact) mass is 450 g/mol.